The second-order valence-corrected chi connectivity index (χ2v) is 9.15. The van der Waals surface area contributed by atoms with E-state index in [9.17, 15) is 22.8 Å². The van der Waals surface area contributed by atoms with Gasteiger partial charge < -0.3 is 15.0 Å². The minimum absolute atomic E-state index is 0.0806. The molecule has 0 saturated heterocycles. The lowest BCUT2D eigenvalue weighted by Gasteiger charge is -2.26. The molecular weight excluding hydrogens is 459 g/mol. The molecule has 3 rings (SSSR count). The van der Waals surface area contributed by atoms with E-state index >= 15 is 0 Å². The van der Waals surface area contributed by atoms with Gasteiger partial charge in [0.15, 0.2) is 0 Å². The van der Waals surface area contributed by atoms with Crippen LogP contribution in [0.4, 0.5) is 13.2 Å². The maximum absolute atomic E-state index is 13.1. The summed E-state index contributed by atoms with van der Waals surface area (Å²) in [7, 11) is 1.57. The Morgan fingerprint density at radius 3 is 2.09 bits per heavy atom. The Hall–Kier alpha value is -3.62. The van der Waals surface area contributed by atoms with Crippen LogP contribution in [0.1, 0.15) is 66.7 Å². The summed E-state index contributed by atoms with van der Waals surface area (Å²) in [6.45, 7) is 7.42. The zero-order chi connectivity index (χ0) is 26.0. The van der Waals surface area contributed by atoms with Crippen LogP contribution in [-0.4, -0.2) is 23.0 Å². The average molecular weight is 488 g/mol. The molecule has 186 valence electrons. The molecule has 35 heavy (non-hydrogen) atoms. The molecule has 1 aromatic heterocycles. The van der Waals surface area contributed by atoms with Crippen molar-refractivity contribution in [3.05, 3.63) is 93.2 Å². The van der Waals surface area contributed by atoms with Gasteiger partial charge in [0.2, 0.25) is 0 Å². The summed E-state index contributed by atoms with van der Waals surface area (Å²) >= 11 is 0. The van der Waals surface area contributed by atoms with E-state index in [2.05, 4.69) is 15.3 Å². The molecular formula is C26H28F3N3O3. The van der Waals surface area contributed by atoms with Crippen LogP contribution in [0.5, 0.6) is 5.75 Å². The van der Waals surface area contributed by atoms with Crippen molar-refractivity contribution in [3.63, 3.8) is 0 Å². The molecule has 1 heterocycles. The van der Waals surface area contributed by atoms with E-state index in [4.69, 9.17) is 4.74 Å². The van der Waals surface area contributed by atoms with Crippen molar-refractivity contribution in [3.8, 4) is 5.75 Å². The first-order chi connectivity index (χ1) is 16.3. The van der Waals surface area contributed by atoms with Crippen LogP contribution in [0.25, 0.3) is 0 Å². The lowest BCUT2D eigenvalue weighted by Crippen LogP contribution is -2.35. The lowest BCUT2D eigenvalue weighted by atomic mass is 9.83. The van der Waals surface area contributed by atoms with Crippen LogP contribution < -0.4 is 15.6 Å². The van der Waals surface area contributed by atoms with Crippen molar-refractivity contribution < 1.29 is 22.7 Å². The van der Waals surface area contributed by atoms with E-state index in [1.54, 1.807) is 19.2 Å². The molecule has 1 amide bonds. The number of nitrogens with one attached hydrogen (secondary N) is 2. The minimum Gasteiger partial charge on any atom is -0.497 e. The van der Waals surface area contributed by atoms with Gasteiger partial charge in [0, 0.05) is 11.5 Å². The van der Waals surface area contributed by atoms with E-state index in [0.29, 0.717) is 17.1 Å². The third-order valence-electron chi connectivity index (χ3n) is 5.93. The fourth-order valence-electron chi connectivity index (χ4n) is 3.74. The lowest BCUT2D eigenvalue weighted by molar-refractivity contribution is -0.137. The molecule has 0 radical (unpaired) electrons. The predicted molar refractivity (Wildman–Crippen MR) is 126 cm³/mol. The van der Waals surface area contributed by atoms with Gasteiger partial charge in [-0.3, -0.25) is 9.59 Å². The van der Waals surface area contributed by atoms with Crippen LogP contribution in [0.3, 0.4) is 0 Å². The molecule has 0 aliphatic carbocycles. The Bertz CT molecular complexity index is 1230. The normalized spacial score (nSPS) is 12.9. The van der Waals surface area contributed by atoms with Crippen LogP contribution in [0, 0.1) is 5.92 Å². The van der Waals surface area contributed by atoms with Crippen molar-refractivity contribution >= 4 is 5.91 Å². The molecule has 6 nitrogen and oxygen atoms in total. The molecule has 0 aliphatic rings. The van der Waals surface area contributed by atoms with E-state index < -0.39 is 34.7 Å². The summed E-state index contributed by atoms with van der Waals surface area (Å²) in [4.78, 5) is 32.6. The van der Waals surface area contributed by atoms with Crippen molar-refractivity contribution in [2.24, 2.45) is 5.92 Å². The third kappa shape index (κ3) is 5.90. The number of H-pyrrole nitrogens is 1. The highest BCUT2D eigenvalue weighted by Crippen LogP contribution is 2.32. The van der Waals surface area contributed by atoms with Crippen molar-refractivity contribution in [2.45, 2.75) is 45.3 Å². The topological polar surface area (TPSA) is 84.1 Å². The highest BCUT2D eigenvalue weighted by Gasteiger charge is 2.31. The minimum atomic E-state index is -4.45. The highest BCUT2D eigenvalue weighted by molar-refractivity contribution is 5.92. The zero-order valence-corrected chi connectivity index (χ0v) is 20.2. The number of aromatic amines is 1. The Morgan fingerprint density at radius 1 is 1.00 bits per heavy atom. The van der Waals surface area contributed by atoms with Crippen molar-refractivity contribution in [1.82, 2.24) is 15.3 Å². The summed E-state index contributed by atoms with van der Waals surface area (Å²) in [5.74, 6) is 0.257. The number of halogens is 3. The molecule has 2 aromatic carbocycles. The summed E-state index contributed by atoms with van der Waals surface area (Å²) in [6, 6.07) is 12.5. The maximum atomic E-state index is 13.1. The number of carbonyl (C=O) groups excluding carboxylic acids is 1. The fraction of sp³-hybridized carbons (Fsp3) is 0.346. The van der Waals surface area contributed by atoms with Gasteiger partial charge in [-0.05, 0) is 55.2 Å². The molecule has 0 aliphatic heterocycles. The molecule has 1 atom stereocenters. The highest BCUT2D eigenvalue weighted by atomic mass is 19.4. The number of ether oxygens (including phenoxy) is 1. The van der Waals surface area contributed by atoms with E-state index in [1.807, 2.05) is 39.8 Å². The second kappa shape index (κ2) is 9.93. The van der Waals surface area contributed by atoms with Gasteiger partial charge in [-0.25, -0.2) is 4.98 Å². The molecule has 2 N–H and O–H groups in total. The van der Waals surface area contributed by atoms with Crippen LogP contribution in [-0.2, 0) is 11.6 Å². The number of methoxy groups -OCH3 is 1. The largest absolute Gasteiger partial charge is 0.497 e. The molecule has 0 bridgehead atoms. The molecule has 3 aromatic rings. The van der Waals surface area contributed by atoms with E-state index in [0.717, 1.165) is 23.8 Å². The van der Waals surface area contributed by atoms with Gasteiger partial charge >= 0.3 is 6.18 Å². The number of carbonyl (C=O) groups is 1. The van der Waals surface area contributed by atoms with Crippen LogP contribution in [0.15, 0.2) is 59.4 Å². The summed E-state index contributed by atoms with van der Waals surface area (Å²) in [5.41, 5.74) is -0.696. The van der Waals surface area contributed by atoms with Crippen molar-refractivity contribution in [2.75, 3.05) is 7.11 Å². The van der Waals surface area contributed by atoms with E-state index in [1.165, 1.54) is 12.1 Å². The SMILES string of the molecule is COc1ccc(C(C)(C)c2nc(C(=O)NC(c3ccc(C(F)(F)F)cc3)C(C)C)cc(=O)[nH]2)cc1. The standard InChI is InChI=1S/C26H28F3N3O3/c1-15(2)22(16-6-8-18(9-7-16)26(27,28)29)32-23(34)20-14-21(33)31-24(30-20)25(3,4)17-10-12-19(35-5)13-11-17/h6-15,22H,1-5H3,(H,32,34)(H,30,31,33). The van der Waals surface area contributed by atoms with Crippen molar-refractivity contribution in [1.29, 1.82) is 0 Å². The first-order valence-corrected chi connectivity index (χ1v) is 11.1. The van der Waals surface area contributed by atoms with Crippen LogP contribution in [0.2, 0.25) is 0 Å². The first kappa shape index (κ1) is 26.0. The summed E-state index contributed by atoms with van der Waals surface area (Å²) in [5, 5.41) is 2.82. The summed E-state index contributed by atoms with van der Waals surface area (Å²) in [6.07, 6.45) is -4.45. The number of hydrogen-bond donors (Lipinski definition) is 2. The fourth-order valence-corrected chi connectivity index (χ4v) is 3.74. The summed E-state index contributed by atoms with van der Waals surface area (Å²) < 4.78 is 44.0. The molecule has 0 spiro atoms. The number of amides is 1. The van der Waals surface area contributed by atoms with Crippen LogP contribution >= 0.6 is 0 Å². The Kier molecular flexibility index (Phi) is 7.38. The third-order valence-corrected chi connectivity index (χ3v) is 5.93. The van der Waals surface area contributed by atoms with Gasteiger partial charge in [0.05, 0.1) is 18.7 Å². The van der Waals surface area contributed by atoms with Gasteiger partial charge in [0.1, 0.15) is 17.3 Å². The number of hydrogen-bond acceptors (Lipinski definition) is 4. The molecule has 0 fully saturated rings. The zero-order valence-electron chi connectivity index (χ0n) is 20.2. The molecule has 1 unspecified atom stereocenters. The monoisotopic (exact) mass is 487 g/mol. The Morgan fingerprint density at radius 2 is 1.57 bits per heavy atom. The Balaban J connectivity index is 1.90. The number of benzene rings is 2. The predicted octanol–water partition coefficient (Wildman–Crippen LogP) is 5.25. The number of rotatable bonds is 7. The Labute approximate surface area is 201 Å². The maximum Gasteiger partial charge on any atom is 0.416 e. The van der Waals surface area contributed by atoms with Gasteiger partial charge in [-0.15, -0.1) is 0 Å². The molecule has 0 saturated carbocycles. The van der Waals surface area contributed by atoms with E-state index in [-0.39, 0.29) is 11.6 Å². The smallest absolute Gasteiger partial charge is 0.416 e. The first-order valence-electron chi connectivity index (χ1n) is 11.1. The second-order valence-electron chi connectivity index (χ2n) is 9.15. The number of nitrogens with zero attached hydrogens (tertiary/aromatic N) is 1. The average Bonchev–Trinajstić information content (AvgIpc) is 2.81. The quantitative estimate of drug-likeness (QED) is 0.477. The van der Waals surface area contributed by atoms with Gasteiger partial charge in [-0.1, -0.05) is 38.1 Å². The van der Waals surface area contributed by atoms with Gasteiger partial charge in [0.25, 0.3) is 11.5 Å². The number of alkyl halides is 3. The number of aromatic nitrogens is 2. The molecule has 9 heteroatoms. The van der Waals surface area contributed by atoms with Gasteiger partial charge in [-0.2, -0.15) is 13.2 Å².